The van der Waals surface area contributed by atoms with Gasteiger partial charge < -0.3 is 5.32 Å². The van der Waals surface area contributed by atoms with Crippen molar-refractivity contribution in [2.45, 2.75) is 13.8 Å². The van der Waals surface area contributed by atoms with Crippen molar-refractivity contribution in [3.8, 4) is 0 Å². The van der Waals surface area contributed by atoms with Gasteiger partial charge in [0.2, 0.25) is 10.0 Å². The van der Waals surface area contributed by atoms with Crippen LogP contribution in [0.25, 0.3) is 0 Å². The summed E-state index contributed by atoms with van der Waals surface area (Å²) in [6, 6.07) is 1.87. The van der Waals surface area contributed by atoms with Crippen LogP contribution in [-0.2, 0) is 10.0 Å². The number of hydrogen-bond donors (Lipinski definition) is 1. The van der Waals surface area contributed by atoms with Crippen LogP contribution in [0.4, 0.5) is 5.82 Å². The van der Waals surface area contributed by atoms with Crippen LogP contribution in [0.2, 0.25) is 0 Å². The predicted octanol–water partition coefficient (Wildman–Crippen LogP) is 0.478. The first-order valence-corrected chi connectivity index (χ1v) is 7.62. The highest BCUT2D eigenvalue weighted by Crippen LogP contribution is 2.20. The predicted molar refractivity (Wildman–Crippen MR) is 69.8 cm³/mol. The second-order valence-electron chi connectivity index (χ2n) is 4.51. The highest BCUT2D eigenvalue weighted by molar-refractivity contribution is 7.89. The minimum Gasteiger partial charge on any atom is -0.370 e. The number of aromatic nitrogens is 2. The van der Waals surface area contributed by atoms with Gasteiger partial charge in [-0.05, 0) is 13.8 Å². The number of nitrogens with one attached hydrogen (secondary N) is 1. The van der Waals surface area contributed by atoms with Gasteiger partial charge >= 0.3 is 0 Å². The summed E-state index contributed by atoms with van der Waals surface area (Å²) in [5.41, 5.74) is 0.913. The van der Waals surface area contributed by atoms with E-state index in [9.17, 15) is 8.42 Å². The largest absolute Gasteiger partial charge is 0.370 e. The Morgan fingerprint density at radius 3 is 2.78 bits per heavy atom. The Morgan fingerprint density at radius 1 is 1.44 bits per heavy atom. The summed E-state index contributed by atoms with van der Waals surface area (Å²) in [7, 11) is -3.00. The lowest BCUT2D eigenvalue weighted by Gasteiger charge is -2.37. The Kier molecular flexibility index (Phi) is 3.82. The van der Waals surface area contributed by atoms with Gasteiger partial charge in [-0.25, -0.2) is 22.7 Å². The van der Waals surface area contributed by atoms with Gasteiger partial charge in [-0.2, -0.15) is 0 Å². The minimum absolute atomic E-state index is 0.179. The van der Waals surface area contributed by atoms with E-state index in [1.54, 1.807) is 6.92 Å². The normalized spacial score (nSPS) is 17.4. The quantitative estimate of drug-likeness (QED) is 0.842. The molecule has 0 amide bonds. The van der Waals surface area contributed by atoms with Crippen LogP contribution in [0.15, 0.2) is 12.4 Å². The van der Waals surface area contributed by atoms with Crippen LogP contribution in [-0.4, -0.2) is 48.1 Å². The molecule has 0 radical (unpaired) electrons. The summed E-state index contributed by atoms with van der Waals surface area (Å²) in [6.07, 6.45) is 1.52. The second kappa shape index (κ2) is 5.19. The summed E-state index contributed by atoms with van der Waals surface area (Å²) >= 11 is 0. The van der Waals surface area contributed by atoms with Crippen molar-refractivity contribution in [2.75, 3.05) is 30.7 Å². The molecular formula is C11H18N4O2S. The van der Waals surface area contributed by atoms with Crippen molar-refractivity contribution in [3.05, 3.63) is 18.1 Å². The Morgan fingerprint density at radius 2 is 2.17 bits per heavy atom. The van der Waals surface area contributed by atoms with E-state index in [1.165, 1.54) is 10.6 Å². The molecule has 1 aromatic rings. The third-order valence-corrected chi connectivity index (χ3v) is 4.87. The van der Waals surface area contributed by atoms with E-state index in [0.29, 0.717) is 19.0 Å². The van der Waals surface area contributed by atoms with Gasteiger partial charge in [0.1, 0.15) is 12.1 Å². The third kappa shape index (κ3) is 2.97. The molecule has 7 heteroatoms. The first-order valence-electron chi connectivity index (χ1n) is 6.01. The van der Waals surface area contributed by atoms with Crippen molar-refractivity contribution in [3.63, 3.8) is 0 Å². The van der Waals surface area contributed by atoms with Crippen molar-refractivity contribution in [1.82, 2.24) is 14.3 Å². The number of hydrogen-bond acceptors (Lipinski definition) is 5. The van der Waals surface area contributed by atoms with Gasteiger partial charge in [-0.1, -0.05) is 0 Å². The number of aryl methyl sites for hydroxylation is 1. The topological polar surface area (TPSA) is 75.2 Å². The third-order valence-electron chi connectivity index (χ3n) is 3.06. The minimum atomic E-state index is -3.00. The van der Waals surface area contributed by atoms with Gasteiger partial charge in [0.15, 0.2) is 0 Å². The molecule has 0 aromatic carbocycles. The first-order chi connectivity index (χ1) is 8.51. The molecule has 100 valence electrons. The number of sulfonamides is 1. The maximum Gasteiger partial charge on any atom is 0.213 e. The molecule has 0 aliphatic carbocycles. The van der Waals surface area contributed by atoms with Crippen LogP contribution < -0.4 is 5.32 Å². The van der Waals surface area contributed by atoms with Gasteiger partial charge in [-0.15, -0.1) is 0 Å². The highest BCUT2D eigenvalue weighted by atomic mass is 32.2. The molecule has 0 spiro atoms. The number of nitrogens with zero attached hydrogens (tertiary/aromatic N) is 3. The maximum absolute atomic E-state index is 11.5. The molecule has 1 aromatic heterocycles. The summed E-state index contributed by atoms with van der Waals surface area (Å²) < 4.78 is 24.6. The monoisotopic (exact) mass is 270 g/mol. The lowest BCUT2D eigenvalue weighted by Crippen LogP contribution is -2.52. The van der Waals surface area contributed by atoms with E-state index in [2.05, 4.69) is 15.3 Å². The van der Waals surface area contributed by atoms with Gasteiger partial charge in [0.05, 0.1) is 5.75 Å². The summed E-state index contributed by atoms with van der Waals surface area (Å²) in [6.45, 7) is 5.53. The fourth-order valence-electron chi connectivity index (χ4n) is 1.86. The maximum atomic E-state index is 11.5. The summed E-state index contributed by atoms with van der Waals surface area (Å²) in [4.78, 5) is 8.12. The molecule has 1 aliphatic heterocycles. The SMILES string of the molecule is CCS(=O)(=O)N1CC(CNc2cc(C)ncn2)C1. The van der Waals surface area contributed by atoms with Crippen molar-refractivity contribution in [2.24, 2.45) is 5.92 Å². The molecule has 1 saturated heterocycles. The standard InChI is InChI=1S/C11H18N4O2S/c1-3-18(16,17)15-6-10(7-15)5-12-11-4-9(2)13-8-14-11/h4,8,10H,3,5-7H2,1-2H3,(H,12,13,14). The van der Waals surface area contributed by atoms with Crippen LogP contribution in [0, 0.1) is 12.8 Å². The Labute approximate surface area is 107 Å². The lowest BCUT2D eigenvalue weighted by molar-refractivity contribution is 0.212. The molecule has 2 heterocycles. The number of rotatable bonds is 5. The zero-order chi connectivity index (χ0) is 13.2. The van der Waals surface area contributed by atoms with E-state index >= 15 is 0 Å². The average Bonchev–Trinajstić information content (AvgIpc) is 2.27. The molecule has 1 aliphatic rings. The average molecular weight is 270 g/mol. The van der Waals surface area contributed by atoms with E-state index in [4.69, 9.17) is 0 Å². The van der Waals surface area contributed by atoms with Gasteiger partial charge in [-0.3, -0.25) is 0 Å². The molecular weight excluding hydrogens is 252 g/mol. The van der Waals surface area contributed by atoms with Crippen molar-refractivity contribution in [1.29, 1.82) is 0 Å². The van der Waals surface area contributed by atoms with Crippen LogP contribution in [0.3, 0.4) is 0 Å². The molecule has 1 fully saturated rings. The molecule has 18 heavy (non-hydrogen) atoms. The van der Waals surface area contributed by atoms with Crippen molar-refractivity contribution < 1.29 is 8.42 Å². The molecule has 0 saturated carbocycles. The molecule has 1 N–H and O–H groups in total. The number of anilines is 1. The summed E-state index contributed by atoms with van der Waals surface area (Å²) in [5, 5.41) is 3.20. The fraction of sp³-hybridized carbons (Fsp3) is 0.636. The highest BCUT2D eigenvalue weighted by Gasteiger charge is 2.34. The van der Waals surface area contributed by atoms with Crippen LogP contribution >= 0.6 is 0 Å². The van der Waals surface area contributed by atoms with Gasteiger partial charge in [0, 0.05) is 37.3 Å². The fourth-order valence-corrected chi connectivity index (χ4v) is 3.10. The zero-order valence-corrected chi connectivity index (χ0v) is 11.4. The zero-order valence-electron chi connectivity index (χ0n) is 10.6. The Balaban J connectivity index is 1.78. The van der Waals surface area contributed by atoms with E-state index in [0.717, 1.165) is 18.1 Å². The van der Waals surface area contributed by atoms with E-state index in [1.807, 2.05) is 13.0 Å². The Bertz CT molecular complexity index is 512. The van der Waals surface area contributed by atoms with Crippen molar-refractivity contribution >= 4 is 15.8 Å². The lowest BCUT2D eigenvalue weighted by atomic mass is 10.0. The second-order valence-corrected chi connectivity index (χ2v) is 6.77. The van der Waals surface area contributed by atoms with Gasteiger partial charge in [0.25, 0.3) is 0 Å². The van der Waals surface area contributed by atoms with E-state index < -0.39 is 10.0 Å². The first kappa shape index (κ1) is 13.2. The molecule has 0 bridgehead atoms. The van der Waals surface area contributed by atoms with Crippen LogP contribution in [0.5, 0.6) is 0 Å². The van der Waals surface area contributed by atoms with Crippen LogP contribution in [0.1, 0.15) is 12.6 Å². The molecule has 0 unspecified atom stereocenters. The summed E-state index contributed by atoms with van der Waals surface area (Å²) in [5.74, 6) is 1.33. The van der Waals surface area contributed by atoms with E-state index in [-0.39, 0.29) is 5.75 Å². The smallest absolute Gasteiger partial charge is 0.213 e. The molecule has 6 nitrogen and oxygen atoms in total. The molecule has 2 rings (SSSR count). The Hall–Kier alpha value is -1.21. The molecule has 0 atom stereocenters.